The Bertz CT molecular complexity index is 512. The van der Waals surface area contributed by atoms with Gasteiger partial charge in [-0.25, -0.2) is 4.39 Å². The van der Waals surface area contributed by atoms with E-state index in [2.05, 4.69) is 5.32 Å². The fourth-order valence-corrected chi connectivity index (χ4v) is 1.44. The number of rotatable bonds is 3. The number of benzene rings is 1. The number of alkyl halides is 3. The second-order valence-electron chi connectivity index (χ2n) is 4.90. The van der Waals surface area contributed by atoms with Crippen LogP contribution in [0.4, 0.5) is 17.6 Å². The molecule has 1 amide bonds. The predicted octanol–water partition coefficient (Wildman–Crippen LogP) is 2.59. The van der Waals surface area contributed by atoms with Crippen LogP contribution in [0.15, 0.2) is 18.2 Å². The molecule has 7 heteroatoms. The Morgan fingerprint density at radius 3 is 2.35 bits per heavy atom. The van der Waals surface area contributed by atoms with Crippen molar-refractivity contribution in [3.8, 4) is 0 Å². The van der Waals surface area contributed by atoms with Gasteiger partial charge < -0.3 is 11.1 Å². The van der Waals surface area contributed by atoms with Crippen molar-refractivity contribution in [2.75, 3.05) is 0 Å². The third kappa shape index (κ3) is 3.27. The van der Waals surface area contributed by atoms with Crippen molar-refractivity contribution in [3.63, 3.8) is 0 Å². The van der Waals surface area contributed by atoms with Crippen LogP contribution in [0.25, 0.3) is 0 Å². The summed E-state index contributed by atoms with van der Waals surface area (Å²) in [4.78, 5) is 11.6. The van der Waals surface area contributed by atoms with Gasteiger partial charge in [-0.3, -0.25) is 4.79 Å². The summed E-state index contributed by atoms with van der Waals surface area (Å²) in [6, 6.07) is 3.40. The van der Waals surface area contributed by atoms with E-state index in [4.69, 9.17) is 5.73 Å². The molecule has 0 aliphatic carbocycles. The second kappa shape index (κ2) is 5.40. The normalized spacial score (nSPS) is 16.4. The van der Waals surface area contributed by atoms with Gasteiger partial charge in [0, 0.05) is 0 Å². The van der Waals surface area contributed by atoms with Gasteiger partial charge in [0.15, 0.2) is 5.54 Å². The van der Waals surface area contributed by atoms with Crippen molar-refractivity contribution in [1.29, 1.82) is 0 Å². The number of aryl methyl sites for hydroxylation is 1. The molecule has 2 unspecified atom stereocenters. The monoisotopic (exact) mass is 292 g/mol. The molecule has 1 rings (SSSR count). The highest BCUT2D eigenvalue weighted by molar-refractivity contribution is 5.86. The Hall–Kier alpha value is -1.63. The predicted molar refractivity (Wildman–Crippen MR) is 66.3 cm³/mol. The number of hydrogen-bond acceptors (Lipinski definition) is 2. The summed E-state index contributed by atoms with van der Waals surface area (Å²) < 4.78 is 51.2. The summed E-state index contributed by atoms with van der Waals surface area (Å²) in [7, 11) is 0. The molecule has 0 saturated carbocycles. The Kier molecular flexibility index (Phi) is 4.43. The first-order valence-electron chi connectivity index (χ1n) is 5.89. The van der Waals surface area contributed by atoms with E-state index in [1.165, 1.54) is 25.1 Å². The summed E-state index contributed by atoms with van der Waals surface area (Å²) in [6.45, 7) is 3.60. The average molecular weight is 292 g/mol. The molecule has 0 radical (unpaired) electrons. The van der Waals surface area contributed by atoms with Crippen LogP contribution in [0.2, 0.25) is 0 Å². The summed E-state index contributed by atoms with van der Waals surface area (Å²) in [5.74, 6) is -1.85. The Balaban J connectivity index is 2.88. The van der Waals surface area contributed by atoms with Gasteiger partial charge >= 0.3 is 6.18 Å². The molecule has 0 spiro atoms. The van der Waals surface area contributed by atoms with Gasteiger partial charge in [0.25, 0.3) is 0 Å². The lowest BCUT2D eigenvalue weighted by Gasteiger charge is -2.28. The van der Waals surface area contributed by atoms with E-state index < -0.39 is 29.5 Å². The van der Waals surface area contributed by atoms with Gasteiger partial charge in [-0.05, 0) is 38.0 Å². The molecular weight excluding hydrogens is 276 g/mol. The van der Waals surface area contributed by atoms with Gasteiger partial charge in [0.05, 0.1) is 6.04 Å². The number of halogens is 4. The fraction of sp³-hybridized carbons (Fsp3) is 0.462. The first-order valence-corrected chi connectivity index (χ1v) is 5.89. The van der Waals surface area contributed by atoms with E-state index in [1.54, 1.807) is 6.92 Å². The van der Waals surface area contributed by atoms with Gasteiger partial charge in [0.1, 0.15) is 5.82 Å². The van der Waals surface area contributed by atoms with E-state index in [0.29, 0.717) is 18.1 Å². The molecule has 1 aromatic carbocycles. The maximum absolute atomic E-state index is 13.4. The van der Waals surface area contributed by atoms with Gasteiger partial charge in [-0.2, -0.15) is 13.2 Å². The lowest BCUT2D eigenvalue weighted by atomic mass is 10.00. The first-order chi connectivity index (χ1) is 8.96. The molecule has 0 bridgehead atoms. The third-order valence-electron chi connectivity index (χ3n) is 3.10. The van der Waals surface area contributed by atoms with Crippen LogP contribution >= 0.6 is 0 Å². The Labute approximate surface area is 114 Å². The van der Waals surface area contributed by atoms with Crippen LogP contribution in [-0.2, 0) is 4.79 Å². The minimum absolute atomic E-state index is 0.361. The molecule has 3 N–H and O–H groups in total. The number of carbonyl (C=O) groups excluding carboxylic acids is 1. The smallest absolute Gasteiger partial charge is 0.348 e. The van der Waals surface area contributed by atoms with Crippen molar-refractivity contribution in [3.05, 3.63) is 35.1 Å². The van der Waals surface area contributed by atoms with Crippen molar-refractivity contribution in [1.82, 2.24) is 5.32 Å². The van der Waals surface area contributed by atoms with E-state index in [0.717, 1.165) is 0 Å². The fourth-order valence-electron chi connectivity index (χ4n) is 1.44. The van der Waals surface area contributed by atoms with E-state index >= 15 is 0 Å². The zero-order valence-electron chi connectivity index (χ0n) is 11.3. The molecule has 20 heavy (non-hydrogen) atoms. The van der Waals surface area contributed by atoms with Crippen molar-refractivity contribution < 1.29 is 22.4 Å². The van der Waals surface area contributed by atoms with E-state index in [-0.39, 0.29) is 0 Å². The lowest BCUT2D eigenvalue weighted by molar-refractivity contribution is -0.187. The number of nitrogens with two attached hydrogens (primary N) is 1. The third-order valence-corrected chi connectivity index (χ3v) is 3.10. The SMILES string of the molecule is Cc1ccc(C(C)NC(=O)C(C)(N)C(F)(F)F)cc1F. The van der Waals surface area contributed by atoms with Gasteiger partial charge in [-0.15, -0.1) is 0 Å². The van der Waals surface area contributed by atoms with Gasteiger partial charge in [0.2, 0.25) is 5.91 Å². The molecule has 0 fully saturated rings. The summed E-state index contributed by atoms with van der Waals surface area (Å²) in [5, 5.41) is 2.14. The van der Waals surface area contributed by atoms with Crippen LogP contribution in [0, 0.1) is 12.7 Å². The molecule has 0 aliphatic rings. The van der Waals surface area contributed by atoms with Crippen LogP contribution in [0.3, 0.4) is 0 Å². The second-order valence-corrected chi connectivity index (χ2v) is 4.90. The lowest BCUT2D eigenvalue weighted by Crippen LogP contribution is -2.61. The number of hydrogen-bond donors (Lipinski definition) is 2. The highest BCUT2D eigenvalue weighted by atomic mass is 19.4. The highest BCUT2D eigenvalue weighted by Gasteiger charge is 2.54. The van der Waals surface area contributed by atoms with Crippen LogP contribution in [0.1, 0.15) is 31.0 Å². The molecular formula is C13H16F4N2O. The number of nitrogens with one attached hydrogen (secondary N) is 1. The van der Waals surface area contributed by atoms with Crippen LogP contribution in [-0.4, -0.2) is 17.6 Å². The molecule has 0 heterocycles. The van der Waals surface area contributed by atoms with Crippen LogP contribution in [0.5, 0.6) is 0 Å². The molecule has 112 valence electrons. The molecule has 3 nitrogen and oxygen atoms in total. The Morgan fingerprint density at radius 1 is 1.35 bits per heavy atom. The molecule has 0 aromatic heterocycles. The number of amides is 1. The van der Waals surface area contributed by atoms with Crippen molar-refractivity contribution in [2.45, 2.75) is 38.5 Å². The molecule has 2 atom stereocenters. The molecule has 0 saturated heterocycles. The zero-order chi connectivity index (χ0) is 15.7. The highest BCUT2D eigenvalue weighted by Crippen LogP contribution is 2.28. The van der Waals surface area contributed by atoms with E-state index in [9.17, 15) is 22.4 Å². The quantitative estimate of drug-likeness (QED) is 0.841. The standard InChI is InChI=1S/C13H16F4N2O/c1-7-4-5-9(6-10(7)14)8(2)19-11(20)12(3,18)13(15,16)17/h4-6,8H,18H2,1-3H3,(H,19,20). The summed E-state index contributed by atoms with van der Waals surface area (Å²) >= 11 is 0. The minimum Gasteiger partial charge on any atom is -0.348 e. The van der Waals surface area contributed by atoms with Crippen molar-refractivity contribution >= 4 is 5.91 Å². The maximum Gasteiger partial charge on any atom is 0.415 e. The molecule has 1 aromatic rings. The topological polar surface area (TPSA) is 55.1 Å². The zero-order valence-corrected chi connectivity index (χ0v) is 11.3. The summed E-state index contributed by atoms with van der Waals surface area (Å²) in [5.41, 5.74) is 2.78. The largest absolute Gasteiger partial charge is 0.415 e. The van der Waals surface area contributed by atoms with Crippen molar-refractivity contribution in [2.24, 2.45) is 5.73 Å². The number of carbonyl (C=O) groups is 1. The summed E-state index contributed by atoms with van der Waals surface area (Å²) in [6.07, 6.45) is -4.87. The maximum atomic E-state index is 13.4. The average Bonchev–Trinajstić information content (AvgIpc) is 2.30. The Morgan fingerprint density at radius 2 is 1.90 bits per heavy atom. The van der Waals surface area contributed by atoms with E-state index in [1.807, 2.05) is 0 Å². The van der Waals surface area contributed by atoms with Gasteiger partial charge in [-0.1, -0.05) is 12.1 Å². The van der Waals surface area contributed by atoms with Crippen LogP contribution < -0.4 is 11.1 Å². The molecule has 0 aliphatic heterocycles. The first kappa shape index (κ1) is 16.4. The minimum atomic E-state index is -4.87.